The Hall–Kier alpha value is -2.82. The Labute approximate surface area is 107 Å². The van der Waals surface area contributed by atoms with Crippen molar-refractivity contribution in [3.05, 3.63) is 53.2 Å². The summed E-state index contributed by atoms with van der Waals surface area (Å²) in [5.41, 5.74) is 1.48. The van der Waals surface area contributed by atoms with Gasteiger partial charge in [-0.15, -0.1) is 0 Å². The first-order valence-corrected chi connectivity index (χ1v) is 5.91. The molecule has 0 aliphatic rings. The van der Waals surface area contributed by atoms with Gasteiger partial charge in [-0.25, -0.2) is 9.66 Å². The van der Waals surface area contributed by atoms with Crippen LogP contribution in [-0.4, -0.2) is 14.6 Å². The first kappa shape index (κ1) is 10.1. The number of hydrogen-bond donors (Lipinski definition) is 2. The fourth-order valence-corrected chi connectivity index (χ4v) is 2.68. The molecule has 2 aromatic carbocycles. The summed E-state index contributed by atoms with van der Waals surface area (Å²) >= 11 is 0. The van der Waals surface area contributed by atoms with Gasteiger partial charge in [-0.2, -0.15) is 0 Å². The van der Waals surface area contributed by atoms with Gasteiger partial charge < -0.3 is 10.8 Å². The van der Waals surface area contributed by atoms with Gasteiger partial charge in [0.25, 0.3) is 5.56 Å². The lowest BCUT2D eigenvalue weighted by Gasteiger charge is -2.06. The largest absolute Gasteiger partial charge is 0.338 e. The molecular formula is C14H10N4O. The monoisotopic (exact) mass is 250 g/mol. The summed E-state index contributed by atoms with van der Waals surface area (Å²) in [5, 5.41) is 3.30. The molecule has 4 aromatic rings. The zero-order chi connectivity index (χ0) is 13.0. The second kappa shape index (κ2) is 3.35. The lowest BCUT2D eigenvalue weighted by molar-refractivity contribution is 1.04. The third-order valence-corrected chi connectivity index (χ3v) is 3.46. The maximum absolute atomic E-state index is 12.1. The zero-order valence-corrected chi connectivity index (χ0v) is 9.92. The molecule has 4 rings (SSSR count). The van der Waals surface area contributed by atoms with Gasteiger partial charge in [-0.1, -0.05) is 24.3 Å². The van der Waals surface area contributed by atoms with E-state index in [1.165, 1.54) is 4.68 Å². The second-order valence-electron chi connectivity index (χ2n) is 4.49. The number of H-pyrrole nitrogens is 1. The topological polar surface area (TPSA) is 76.7 Å². The molecule has 3 N–H and O–H groups in total. The van der Waals surface area contributed by atoms with E-state index >= 15 is 0 Å². The molecule has 0 radical (unpaired) electrons. The summed E-state index contributed by atoms with van der Waals surface area (Å²) in [5.74, 6) is 5.94. The normalized spacial score (nSPS) is 11.6. The summed E-state index contributed by atoms with van der Waals surface area (Å²) in [6, 6.07) is 9.58. The van der Waals surface area contributed by atoms with E-state index in [-0.39, 0.29) is 5.56 Å². The van der Waals surface area contributed by atoms with Gasteiger partial charge in [0.05, 0.1) is 16.4 Å². The molecule has 2 heterocycles. The molecular weight excluding hydrogens is 240 g/mol. The number of hydrogen-bond acceptors (Lipinski definition) is 3. The SMILES string of the molecule is Nn1cnc2c3cc[nH]c(=O)c3c3ccccc3c21. The molecule has 0 fully saturated rings. The van der Waals surface area contributed by atoms with E-state index in [9.17, 15) is 4.79 Å². The fourth-order valence-electron chi connectivity index (χ4n) is 2.68. The van der Waals surface area contributed by atoms with Crippen LogP contribution in [0.3, 0.4) is 0 Å². The number of imidazole rings is 1. The van der Waals surface area contributed by atoms with Gasteiger partial charge >= 0.3 is 0 Å². The van der Waals surface area contributed by atoms with E-state index in [1.807, 2.05) is 30.3 Å². The van der Waals surface area contributed by atoms with Crippen molar-refractivity contribution >= 4 is 32.6 Å². The van der Waals surface area contributed by atoms with Crippen LogP contribution in [0.5, 0.6) is 0 Å². The maximum atomic E-state index is 12.1. The number of pyridine rings is 1. The lowest BCUT2D eigenvalue weighted by Crippen LogP contribution is -2.08. The predicted octanol–water partition coefficient (Wildman–Crippen LogP) is 1.74. The van der Waals surface area contributed by atoms with Gasteiger partial charge in [0.1, 0.15) is 6.33 Å². The molecule has 0 amide bonds. The third-order valence-electron chi connectivity index (χ3n) is 3.46. The highest BCUT2D eigenvalue weighted by atomic mass is 16.1. The van der Waals surface area contributed by atoms with Gasteiger partial charge in [0.15, 0.2) is 0 Å². The van der Waals surface area contributed by atoms with Gasteiger partial charge in [0, 0.05) is 17.0 Å². The van der Waals surface area contributed by atoms with Crippen molar-refractivity contribution in [2.24, 2.45) is 0 Å². The Morgan fingerprint density at radius 2 is 1.89 bits per heavy atom. The Morgan fingerprint density at radius 3 is 2.74 bits per heavy atom. The van der Waals surface area contributed by atoms with Crippen molar-refractivity contribution in [2.75, 3.05) is 5.84 Å². The summed E-state index contributed by atoms with van der Waals surface area (Å²) in [4.78, 5) is 19.2. The minimum absolute atomic E-state index is 0.109. The third kappa shape index (κ3) is 1.18. The molecule has 92 valence electrons. The van der Waals surface area contributed by atoms with E-state index < -0.39 is 0 Å². The second-order valence-corrected chi connectivity index (χ2v) is 4.49. The van der Waals surface area contributed by atoms with E-state index in [0.717, 1.165) is 27.2 Å². The Morgan fingerprint density at radius 1 is 1.11 bits per heavy atom. The highest BCUT2D eigenvalue weighted by molar-refractivity contribution is 6.22. The lowest BCUT2D eigenvalue weighted by atomic mass is 10.0. The number of nitrogen functional groups attached to an aromatic ring is 1. The molecule has 0 saturated carbocycles. The van der Waals surface area contributed by atoms with Gasteiger partial charge in [-0.05, 0) is 11.5 Å². The molecule has 0 aliphatic heterocycles. The first-order chi connectivity index (χ1) is 9.27. The maximum Gasteiger partial charge on any atom is 0.256 e. The number of aromatic nitrogens is 3. The van der Waals surface area contributed by atoms with Crippen LogP contribution in [0, 0.1) is 0 Å². The summed E-state index contributed by atoms with van der Waals surface area (Å²) in [6.07, 6.45) is 3.20. The van der Waals surface area contributed by atoms with Crippen molar-refractivity contribution < 1.29 is 0 Å². The van der Waals surface area contributed by atoms with Crippen molar-refractivity contribution in [3.8, 4) is 0 Å². The predicted molar refractivity (Wildman–Crippen MR) is 75.5 cm³/mol. The minimum atomic E-state index is -0.109. The van der Waals surface area contributed by atoms with Crippen LogP contribution in [0.4, 0.5) is 0 Å². The van der Waals surface area contributed by atoms with E-state index in [1.54, 1.807) is 12.5 Å². The molecule has 2 aromatic heterocycles. The molecule has 0 spiro atoms. The highest BCUT2D eigenvalue weighted by Gasteiger charge is 2.13. The number of nitrogens with one attached hydrogen (secondary N) is 1. The molecule has 0 aliphatic carbocycles. The Kier molecular flexibility index (Phi) is 1.79. The van der Waals surface area contributed by atoms with Gasteiger partial charge in [0.2, 0.25) is 0 Å². The summed E-state index contributed by atoms with van der Waals surface area (Å²) < 4.78 is 1.50. The van der Waals surface area contributed by atoms with Crippen molar-refractivity contribution in [1.29, 1.82) is 0 Å². The molecule has 5 heteroatoms. The van der Waals surface area contributed by atoms with Crippen molar-refractivity contribution in [2.45, 2.75) is 0 Å². The van der Waals surface area contributed by atoms with Crippen molar-refractivity contribution in [1.82, 2.24) is 14.6 Å². The van der Waals surface area contributed by atoms with Crippen LogP contribution < -0.4 is 11.4 Å². The average molecular weight is 250 g/mol. The van der Waals surface area contributed by atoms with Crippen LogP contribution in [0.2, 0.25) is 0 Å². The quantitative estimate of drug-likeness (QED) is 0.368. The minimum Gasteiger partial charge on any atom is -0.338 e. The van der Waals surface area contributed by atoms with Crippen LogP contribution in [0.25, 0.3) is 32.6 Å². The first-order valence-electron chi connectivity index (χ1n) is 5.91. The number of nitrogens with zero attached hydrogens (tertiary/aromatic N) is 2. The Bertz CT molecular complexity index is 997. The standard InChI is InChI=1S/C14H10N4O/c15-18-7-17-12-10-5-6-16-14(19)11(10)8-3-1-2-4-9(8)13(12)18/h1-7H,15H2,(H,16,19). The fraction of sp³-hybridized carbons (Fsp3) is 0. The van der Waals surface area contributed by atoms with E-state index in [2.05, 4.69) is 9.97 Å². The van der Waals surface area contributed by atoms with Crippen LogP contribution in [0.15, 0.2) is 47.7 Å². The summed E-state index contributed by atoms with van der Waals surface area (Å²) in [7, 11) is 0. The number of rotatable bonds is 0. The van der Waals surface area contributed by atoms with E-state index in [0.29, 0.717) is 5.39 Å². The van der Waals surface area contributed by atoms with Crippen LogP contribution in [0.1, 0.15) is 0 Å². The molecule has 19 heavy (non-hydrogen) atoms. The smallest absolute Gasteiger partial charge is 0.256 e. The average Bonchev–Trinajstić information content (AvgIpc) is 2.82. The highest BCUT2D eigenvalue weighted by Crippen LogP contribution is 2.31. The number of nitrogens with two attached hydrogens (primary N) is 1. The molecule has 0 atom stereocenters. The van der Waals surface area contributed by atoms with Crippen molar-refractivity contribution in [3.63, 3.8) is 0 Å². The molecule has 0 saturated heterocycles. The zero-order valence-electron chi connectivity index (χ0n) is 9.92. The van der Waals surface area contributed by atoms with Crippen LogP contribution in [-0.2, 0) is 0 Å². The molecule has 0 bridgehead atoms. The van der Waals surface area contributed by atoms with Gasteiger partial charge in [-0.3, -0.25) is 4.79 Å². The molecule has 0 unspecified atom stereocenters. The summed E-state index contributed by atoms with van der Waals surface area (Å²) in [6.45, 7) is 0. The number of aromatic amines is 1. The molecule has 5 nitrogen and oxygen atoms in total. The van der Waals surface area contributed by atoms with Crippen LogP contribution >= 0.6 is 0 Å². The number of benzene rings is 2. The van der Waals surface area contributed by atoms with E-state index in [4.69, 9.17) is 5.84 Å². The number of fused-ring (bicyclic) bond motifs is 6. The Balaban J connectivity index is 2.53.